The predicted octanol–water partition coefficient (Wildman–Crippen LogP) is 3.83. The number of para-hydroxylation sites is 1. The number of benzene rings is 2. The fraction of sp³-hybridized carbons (Fsp3) is 0.350. The first-order valence-electron chi connectivity index (χ1n) is 8.44. The van der Waals surface area contributed by atoms with Gasteiger partial charge in [-0.05, 0) is 48.7 Å². The van der Waals surface area contributed by atoms with E-state index in [9.17, 15) is 9.18 Å². The number of piperidine rings is 1. The fourth-order valence-corrected chi connectivity index (χ4v) is 3.27. The van der Waals surface area contributed by atoms with E-state index in [1.165, 1.54) is 12.1 Å². The standard InChI is InChI=1S/C20H23FN2O/c1-15-13-23(14-20(24)16-7-9-17(21)10-8-16)12-11-19(15)22-18-5-3-2-4-6-18/h2-10,15,19,22H,11-14H2,1H3/t15-,19+/m1/s1. The van der Waals surface area contributed by atoms with Gasteiger partial charge in [0.15, 0.2) is 5.78 Å². The van der Waals surface area contributed by atoms with Crippen molar-refractivity contribution in [3.8, 4) is 0 Å². The summed E-state index contributed by atoms with van der Waals surface area (Å²) in [6.45, 7) is 4.39. The van der Waals surface area contributed by atoms with Crippen molar-refractivity contribution in [2.45, 2.75) is 19.4 Å². The molecule has 1 N–H and O–H groups in total. The Bertz CT molecular complexity index is 672. The van der Waals surface area contributed by atoms with Crippen molar-refractivity contribution in [1.29, 1.82) is 0 Å². The molecule has 4 heteroatoms. The van der Waals surface area contributed by atoms with Crippen LogP contribution < -0.4 is 5.32 Å². The van der Waals surface area contributed by atoms with Crippen LogP contribution >= 0.6 is 0 Å². The third kappa shape index (κ3) is 4.20. The third-order valence-electron chi connectivity index (χ3n) is 4.65. The zero-order valence-electron chi connectivity index (χ0n) is 13.9. The summed E-state index contributed by atoms with van der Waals surface area (Å²) in [4.78, 5) is 14.5. The largest absolute Gasteiger partial charge is 0.382 e. The van der Waals surface area contributed by atoms with Crippen LogP contribution in [0.5, 0.6) is 0 Å². The molecule has 0 aliphatic carbocycles. The summed E-state index contributed by atoms with van der Waals surface area (Å²) < 4.78 is 13.0. The number of anilines is 1. The SMILES string of the molecule is C[C@@H]1CN(CC(=O)c2ccc(F)cc2)CC[C@@H]1Nc1ccccc1. The minimum atomic E-state index is -0.312. The van der Waals surface area contributed by atoms with Gasteiger partial charge in [-0.2, -0.15) is 0 Å². The molecule has 3 nitrogen and oxygen atoms in total. The van der Waals surface area contributed by atoms with E-state index in [4.69, 9.17) is 0 Å². The highest BCUT2D eigenvalue weighted by atomic mass is 19.1. The molecule has 0 bridgehead atoms. The highest BCUT2D eigenvalue weighted by Gasteiger charge is 2.27. The van der Waals surface area contributed by atoms with Gasteiger partial charge >= 0.3 is 0 Å². The zero-order chi connectivity index (χ0) is 16.9. The average Bonchev–Trinajstić information content (AvgIpc) is 2.59. The van der Waals surface area contributed by atoms with Crippen molar-refractivity contribution >= 4 is 11.5 Å². The van der Waals surface area contributed by atoms with Gasteiger partial charge in [-0.25, -0.2) is 4.39 Å². The van der Waals surface area contributed by atoms with E-state index in [-0.39, 0.29) is 11.6 Å². The van der Waals surface area contributed by atoms with E-state index in [0.717, 1.165) is 25.2 Å². The third-order valence-corrected chi connectivity index (χ3v) is 4.65. The molecule has 0 aromatic heterocycles. The Balaban J connectivity index is 1.53. The van der Waals surface area contributed by atoms with E-state index in [0.29, 0.717) is 24.1 Å². The summed E-state index contributed by atoms with van der Waals surface area (Å²) in [6.07, 6.45) is 1.01. The monoisotopic (exact) mass is 326 g/mol. The van der Waals surface area contributed by atoms with Crippen LogP contribution in [-0.4, -0.2) is 36.4 Å². The average molecular weight is 326 g/mol. The lowest BCUT2D eigenvalue weighted by molar-refractivity contribution is 0.0884. The quantitative estimate of drug-likeness (QED) is 0.848. The first-order chi connectivity index (χ1) is 11.6. The lowest BCUT2D eigenvalue weighted by atomic mass is 9.93. The van der Waals surface area contributed by atoms with E-state index >= 15 is 0 Å². The van der Waals surface area contributed by atoms with Gasteiger partial charge in [0.05, 0.1) is 6.54 Å². The second kappa shape index (κ2) is 7.58. The van der Waals surface area contributed by atoms with Gasteiger partial charge in [0, 0.05) is 30.4 Å². The van der Waals surface area contributed by atoms with Gasteiger partial charge in [-0.1, -0.05) is 25.1 Å². The Morgan fingerprint density at radius 3 is 2.54 bits per heavy atom. The summed E-state index contributed by atoms with van der Waals surface area (Å²) in [6, 6.07) is 16.5. The van der Waals surface area contributed by atoms with Crippen LogP contribution in [0.1, 0.15) is 23.7 Å². The summed E-state index contributed by atoms with van der Waals surface area (Å²) in [7, 11) is 0. The van der Waals surface area contributed by atoms with Crippen LogP contribution in [-0.2, 0) is 0 Å². The summed E-state index contributed by atoms with van der Waals surface area (Å²) in [5.74, 6) is 0.199. The second-order valence-corrected chi connectivity index (χ2v) is 6.55. The number of hydrogen-bond donors (Lipinski definition) is 1. The molecule has 2 atom stereocenters. The smallest absolute Gasteiger partial charge is 0.176 e. The number of carbonyl (C=O) groups excluding carboxylic acids is 1. The first-order valence-corrected chi connectivity index (χ1v) is 8.44. The number of halogens is 1. The van der Waals surface area contributed by atoms with Crippen LogP contribution in [0.25, 0.3) is 0 Å². The molecule has 0 radical (unpaired) electrons. The van der Waals surface area contributed by atoms with Gasteiger partial charge in [0.1, 0.15) is 5.82 Å². The molecule has 3 rings (SSSR count). The van der Waals surface area contributed by atoms with Gasteiger partial charge in [-0.15, -0.1) is 0 Å². The van der Waals surface area contributed by atoms with Gasteiger partial charge < -0.3 is 5.32 Å². The lowest BCUT2D eigenvalue weighted by Crippen LogP contribution is -2.46. The molecule has 1 fully saturated rings. The Kier molecular flexibility index (Phi) is 5.26. The molecule has 0 spiro atoms. The molecule has 0 unspecified atom stereocenters. The van der Waals surface area contributed by atoms with Crippen LogP contribution in [0, 0.1) is 11.7 Å². The number of carbonyl (C=O) groups is 1. The van der Waals surface area contributed by atoms with Crippen LogP contribution in [0.15, 0.2) is 54.6 Å². The molecule has 2 aromatic rings. The molecule has 0 saturated carbocycles. The Morgan fingerprint density at radius 1 is 1.17 bits per heavy atom. The molecular formula is C20H23FN2O. The molecule has 1 aliphatic heterocycles. The molecule has 1 aliphatic rings. The maximum absolute atomic E-state index is 13.0. The predicted molar refractivity (Wildman–Crippen MR) is 94.8 cm³/mol. The van der Waals surface area contributed by atoms with Gasteiger partial charge in [0.25, 0.3) is 0 Å². The van der Waals surface area contributed by atoms with E-state index in [1.54, 1.807) is 12.1 Å². The molecular weight excluding hydrogens is 303 g/mol. The highest BCUT2D eigenvalue weighted by molar-refractivity contribution is 5.97. The summed E-state index contributed by atoms with van der Waals surface area (Å²) >= 11 is 0. The molecule has 2 aromatic carbocycles. The first kappa shape index (κ1) is 16.7. The van der Waals surface area contributed by atoms with Crippen LogP contribution in [0.3, 0.4) is 0 Å². The second-order valence-electron chi connectivity index (χ2n) is 6.55. The minimum absolute atomic E-state index is 0.0525. The van der Waals surface area contributed by atoms with E-state index < -0.39 is 0 Å². The Labute approximate surface area is 142 Å². The van der Waals surface area contributed by atoms with Gasteiger partial charge in [-0.3, -0.25) is 9.69 Å². The fourth-order valence-electron chi connectivity index (χ4n) is 3.27. The van der Waals surface area contributed by atoms with Crippen molar-refractivity contribution in [2.24, 2.45) is 5.92 Å². The molecule has 1 heterocycles. The minimum Gasteiger partial charge on any atom is -0.382 e. The van der Waals surface area contributed by atoms with Gasteiger partial charge in [0.2, 0.25) is 0 Å². The number of Topliss-reactive ketones (excluding diaryl/α,β-unsaturated/α-hetero) is 1. The van der Waals surface area contributed by atoms with Crippen LogP contribution in [0.4, 0.5) is 10.1 Å². The number of hydrogen-bond acceptors (Lipinski definition) is 3. The van der Waals surface area contributed by atoms with Crippen molar-refractivity contribution in [1.82, 2.24) is 4.90 Å². The van der Waals surface area contributed by atoms with Crippen molar-refractivity contribution in [3.63, 3.8) is 0 Å². The maximum atomic E-state index is 13.0. The topological polar surface area (TPSA) is 32.3 Å². The molecule has 0 amide bonds. The van der Waals surface area contributed by atoms with Crippen molar-refractivity contribution < 1.29 is 9.18 Å². The number of ketones is 1. The van der Waals surface area contributed by atoms with E-state index in [2.05, 4.69) is 29.3 Å². The number of likely N-dealkylation sites (tertiary alicyclic amines) is 1. The van der Waals surface area contributed by atoms with Crippen molar-refractivity contribution in [2.75, 3.05) is 25.0 Å². The summed E-state index contributed by atoms with van der Waals surface area (Å²) in [5.41, 5.74) is 1.72. The number of rotatable bonds is 5. The number of nitrogens with one attached hydrogen (secondary N) is 1. The summed E-state index contributed by atoms with van der Waals surface area (Å²) in [5, 5.41) is 3.59. The molecule has 1 saturated heterocycles. The van der Waals surface area contributed by atoms with E-state index in [1.807, 2.05) is 18.2 Å². The Morgan fingerprint density at radius 2 is 1.88 bits per heavy atom. The highest BCUT2D eigenvalue weighted by Crippen LogP contribution is 2.21. The lowest BCUT2D eigenvalue weighted by Gasteiger charge is -2.37. The Hall–Kier alpha value is -2.20. The van der Waals surface area contributed by atoms with Crippen LogP contribution in [0.2, 0.25) is 0 Å². The maximum Gasteiger partial charge on any atom is 0.176 e. The molecule has 126 valence electrons. The van der Waals surface area contributed by atoms with Crippen molar-refractivity contribution in [3.05, 3.63) is 66.0 Å². The normalized spacial score (nSPS) is 21.4. The zero-order valence-corrected chi connectivity index (χ0v) is 13.9. The number of nitrogens with zero attached hydrogens (tertiary/aromatic N) is 1. The molecule has 24 heavy (non-hydrogen) atoms.